The number of amides is 1. The van der Waals surface area contributed by atoms with Crippen molar-refractivity contribution in [2.24, 2.45) is 5.92 Å². The molecule has 8 nitrogen and oxygen atoms in total. The van der Waals surface area contributed by atoms with Gasteiger partial charge in [-0.2, -0.15) is 16.4 Å². The zero-order chi connectivity index (χ0) is 24.1. The maximum atomic E-state index is 12.4. The van der Waals surface area contributed by atoms with Gasteiger partial charge in [0.05, 0.1) is 34.1 Å². The van der Waals surface area contributed by atoms with E-state index in [1.807, 2.05) is 30.3 Å². The molecule has 7 rings (SSSR count). The number of carbonyl (C=O) groups excluding carboxylic acids is 1. The molecule has 1 aliphatic carbocycles. The molecule has 6 aromatic rings. The van der Waals surface area contributed by atoms with E-state index in [0.29, 0.717) is 22.7 Å². The molecule has 1 aliphatic rings. The Morgan fingerprint density at radius 3 is 2.78 bits per heavy atom. The first-order valence-electron chi connectivity index (χ1n) is 11.9. The number of rotatable bonds is 5. The molecule has 9 heteroatoms. The fraction of sp³-hybridized carbons (Fsp3) is 0.148. The number of carbonyl (C=O) groups is 1. The summed E-state index contributed by atoms with van der Waals surface area (Å²) in [5.74, 6) is 0.830. The Labute approximate surface area is 209 Å². The molecular weight excluding hydrogens is 470 g/mol. The predicted molar refractivity (Wildman–Crippen MR) is 141 cm³/mol. The summed E-state index contributed by atoms with van der Waals surface area (Å²) in [5.41, 5.74) is 8.50. The van der Waals surface area contributed by atoms with E-state index in [9.17, 15) is 4.79 Å². The highest BCUT2D eigenvalue weighted by Crippen LogP contribution is 2.33. The first kappa shape index (κ1) is 21.0. The second-order valence-corrected chi connectivity index (χ2v) is 9.82. The number of aromatic amines is 2. The normalized spacial score (nSPS) is 13.8. The van der Waals surface area contributed by atoms with Gasteiger partial charge in [0.2, 0.25) is 5.91 Å². The minimum Gasteiger partial charge on any atom is -0.336 e. The lowest BCUT2D eigenvalue weighted by atomic mass is 9.85. The molecule has 36 heavy (non-hydrogen) atoms. The third-order valence-corrected chi connectivity index (χ3v) is 7.44. The second-order valence-electron chi connectivity index (χ2n) is 9.04. The van der Waals surface area contributed by atoms with Crippen molar-refractivity contribution < 1.29 is 4.79 Å². The molecule has 0 unspecified atom stereocenters. The molecular formula is C27H21N7OS. The molecule has 5 heterocycles. The van der Waals surface area contributed by atoms with E-state index in [1.165, 1.54) is 0 Å². The molecule has 3 N–H and O–H groups in total. The molecule has 1 saturated carbocycles. The van der Waals surface area contributed by atoms with E-state index in [4.69, 9.17) is 9.97 Å². The fourth-order valence-corrected chi connectivity index (χ4v) is 5.24. The van der Waals surface area contributed by atoms with E-state index < -0.39 is 0 Å². The number of nitrogens with zero attached hydrogens (tertiary/aromatic N) is 4. The zero-order valence-corrected chi connectivity index (χ0v) is 20.0. The number of hydrogen-bond donors (Lipinski definition) is 3. The Bertz CT molecular complexity index is 1730. The highest BCUT2D eigenvalue weighted by atomic mass is 32.1. The van der Waals surface area contributed by atoms with Crippen molar-refractivity contribution in [2.75, 3.05) is 5.32 Å². The minimum absolute atomic E-state index is 0.0624. The van der Waals surface area contributed by atoms with Gasteiger partial charge in [-0.05, 0) is 59.5 Å². The fourth-order valence-electron chi connectivity index (χ4n) is 4.58. The van der Waals surface area contributed by atoms with E-state index in [0.717, 1.165) is 58.2 Å². The standard InChI is InChI=1S/C27H21N7OS/c35-27(15-3-1-4-15)29-18-11-17(12-28-13-18)20-7-8-22-24(30-20)25(34-33-22)26-31-21-6-2-5-19(23(21)32-26)16-9-10-36-14-16/h2,5-15H,1,3-4H2,(H,29,35)(H,31,32)(H,33,34). The number of anilines is 1. The SMILES string of the molecule is O=C(Nc1cncc(-c2ccc3[nH]nc(-c4nc5c(-c6ccsc6)cccc5[nH]4)c3n2)c1)C1CCC1. The lowest BCUT2D eigenvalue weighted by Crippen LogP contribution is -2.28. The Balaban J connectivity index is 1.26. The largest absolute Gasteiger partial charge is 0.336 e. The van der Waals surface area contributed by atoms with Crippen LogP contribution in [-0.2, 0) is 4.79 Å². The summed E-state index contributed by atoms with van der Waals surface area (Å²) >= 11 is 1.66. The quantitative estimate of drug-likeness (QED) is 0.273. The number of nitrogens with one attached hydrogen (secondary N) is 3. The van der Waals surface area contributed by atoms with E-state index >= 15 is 0 Å². The molecule has 0 radical (unpaired) electrons. The molecule has 0 saturated heterocycles. The van der Waals surface area contributed by atoms with Crippen LogP contribution in [0.2, 0.25) is 0 Å². The van der Waals surface area contributed by atoms with Crippen molar-refractivity contribution in [3.8, 4) is 33.9 Å². The van der Waals surface area contributed by atoms with Crippen molar-refractivity contribution in [1.29, 1.82) is 0 Å². The highest BCUT2D eigenvalue weighted by molar-refractivity contribution is 7.08. The molecule has 0 atom stereocenters. The molecule has 176 valence electrons. The van der Waals surface area contributed by atoms with E-state index in [-0.39, 0.29) is 11.8 Å². The van der Waals surface area contributed by atoms with Gasteiger partial charge in [-0.15, -0.1) is 0 Å². The number of fused-ring (bicyclic) bond motifs is 2. The molecule has 0 bridgehead atoms. The lowest BCUT2D eigenvalue weighted by molar-refractivity contribution is -0.122. The zero-order valence-electron chi connectivity index (χ0n) is 19.2. The van der Waals surface area contributed by atoms with Crippen LogP contribution < -0.4 is 5.32 Å². The summed E-state index contributed by atoms with van der Waals surface area (Å²) in [5, 5.41) is 14.8. The molecule has 0 spiro atoms. The summed E-state index contributed by atoms with van der Waals surface area (Å²) in [7, 11) is 0. The van der Waals surface area contributed by atoms with Crippen molar-refractivity contribution in [2.45, 2.75) is 19.3 Å². The van der Waals surface area contributed by atoms with Crippen LogP contribution in [0.3, 0.4) is 0 Å². The van der Waals surface area contributed by atoms with E-state index in [2.05, 4.69) is 48.4 Å². The maximum absolute atomic E-state index is 12.4. The first-order chi connectivity index (χ1) is 17.7. The van der Waals surface area contributed by atoms with Crippen LogP contribution in [0.5, 0.6) is 0 Å². The number of benzene rings is 1. The first-order valence-corrected chi connectivity index (χ1v) is 12.8. The summed E-state index contributed by atoms with van der Waals surface area (Å²) < 4.78 is 0. The van der Waals surface area contributed by atoms with Crippen LogP contribution in [0.25, 0.3) is 56.0 Å². The van der Waals surface area contributed by atoms with E-state index in [1.54, 1.807) is 23.7 Å². The van der Waals surface area contributed by atoms with Crippen molar-refractivity contribution in [1.82, 2.24) is 30.1 Å². The number of H-pyrrole nitrogens is 2. The average Bonchev–Trinajstić information content (AvgIpc) is 3.61. The van der Waals surface area contributed by atoms with Crippen LogP contribution in [0.4, 0.5) is 5.69 Å². The highest BCUT2D eigenvalue weighted by Gasteiger charge is 2.25. The monoisotopic (exact) mass is 491 g/mol. The van der Waals surface area contributed by atoms with Gasteiger partial charge in [0.25, 0.3) is 0 Å². The van der Waals surface area contributed by atoms with Crippen LogP contribution in [0.15, 0.2) is 65.6 Å². The number of aromatic nitrogens is 6. The third kappa shape index (κ3) is 3.56. The van der Waals surface area contributed by atoms with Crippen LogP contribution >= 0.6 is 11.3 Å². The van der Waals surface area contributed by atoms with Gasteiger partial charge >= 0.3 is 0 Å². The van der Waals surface area contributed by atoms with Gasteiger partial charge in [-0.25, -0.2) is 9.97 Å². The number of imidazole rings is 1. The topological polar surface area (TPSA) is 112 Å². The van der Waals surface area contributed by atoms with Gasteiger partial charge in [0, 0.05) is 23.2 Å². The van der Waals surface area contributed by atoms with Crippen LogP contribution in [0.1, 0.15) is 19.3 Å². The minimum atomic E-state index is 0.0624. The predicted octanol–water partition coefficient (Wildman–Crippen LogP) is 6.03. The van der Waals surface area contributed by atoms with Gasteiger partial charge < -0.3 is 10.3 Å². The second kappa shape index (κ2) is 8.39. The van der Waals surface area contributed by atoms with Gasteiger partial charge in [0.15, 0.2) is 11.5 Å². The number of pyridine rings is 2. The Hall–Kier alpha value is -4.37. The van der Waals surface area contributed by atoms with Gasteiger partial charge in [-0.3, -0.25) is 14.9 Å². The molecule has 5 aromatic heterocycles. The van der Waals surface area contributed by atoms with Gasteiger partial charge in [-0.1, -0.05) is 18.6 Å². The van der Waals surface area contributed by atoms with Crippen molar-refractivity contribution in [3.63, 3.8) is 0 Å². The summed E-state index contributed by atoms with van der Waals surface area (Å²) in [4.78, 5) is 29.9. The van der Waals surface area contributed by atoms with Gasteiger partial charge in [0.1, 0.15) is 5.52 Å². The Morgan fingerprint density at radius 2 is 1.94 bits per heavy atom. The third-order valence-electron chi connectivity index (χ3n) is 6.75. The summed E-state index contributed by atoms with van der Waals surface area (Å²) in [6.45, 7) is 0. The molecule has 0 aliphatic heterocycles. The Morgan fingerprint density at radius 1 is 1.00 bits per heavy atom. The summed E-state index contributed by atoms with van der Waals surface area (Å²) in [6, 6.07) is 14.0. The number of hydrogen-bond acceptors (Lipinski definition) is 6. The molecule has 1 fully saturated rings. The van der Waals surface area contributed by atoms with Crippen molar-refractivity contribution in [3.05, 3.63) is 65.6 Å². The van der Waals surface area contributed by atoms with Crippen molar-refractivity contribution >= 4 is 45.0 Å². The lowest BCUT2D eigenvalue weighted by Gasteiger charge is -2.24. The smallest absolute Gasteiger partial charge is 0.227 e. The number of para-hydroxylation sites is 1. The van der Waals surface area contributed by atoms with Crippen LogP contribution in [0, 0.1) is 5.92 Å². The number of thiophene rings is 1. The molecule has 1 aromatic carbocycles. The Kier molecular flexibility index (Phi) is 4.88. The molecule has 1 amide bonds. The summed E-state index contributed by atoms with van der Waals surface area (Å²) in [6.07, 6.45) is 6.45. The maximum Gasteiger partial charge on any atom is 0.227 e. The average molecular weight is 492 g/mol. The van der Waals surface area contributed by atoms with Crippen LogP contribution in [-0.4, -0.2) is 36.0 Å².